The number of hydrogen-bond donors (Lipinski definition) is 0. The highest BCUT2D eigenvalue weighted by Crippen LogP contribution is 2.22. The first-order valence-corrected chi connectivity index (χ1v) is 6.61. The molecule has 0 heterocycles. The van der Waals surface area contributed by atoms with Gasteiger partial charge in [0.1, 0.15) is 11.5 Å². The van der Waals surface area contributed by atoms with Crippen molar-refractivity contribution in [2.45, 2.75) is 0 Å². The van der Waals surface area contributed by atoms with Gasteiger partial charge in [-0.15, -0.1) is 0 Å². The number of carbonyl (C=O) groups excluding carboxylic acids is 1. The molecular formula is C15H12Cl2O3. The van der Waals surface area contributed by atoms with Crippen molar-refractivity contribution < 1.29 is 14.3 Å². The van der Waals surface area contributed by atoms with Gasteiger partial charge < -0.3 is 9.47 Å². The zero-order chi connectivity index (χ0) is 14.5. The lowest BCUT2D eigenvalue weighted by molar-refractivity contribution is 0.0921. The lowest BCUT2D eigenvalue weighted by atomic mass is 10.1. The van der Waals surface area contributed by atoms with Gasteiger partial charge in [-0.25, -0.2) is 0 Å². The van der Waals surface area contributed by atoms with Crippen LogP contribution in [0.15, 0.2) is 42.5 Å². The maximum atomic E-state index is 12.0. The van der Waals surface area contributed by atoms with Crippen LogP contribution >= 0.6 is 23.2 Å². The Morgan fingerprint density at radius 3 is 2.55 bits per heavy atom. The molecule has 0 aliphatic heterocycles. The lowest BCUT2D eigenvalue weighted by Crippen LogP contribution is -2.12. The van der Waals surface area contributed by atoms with Crippen LogP contribution < -0.4 is 9.47 Å². The Labute approximate surface area is 127 Å². The number of methoxy groups -OCH3 is 1. The van der Waals surface area contributed by atoms with E-state index < -0.39 is 0 Å². The first kappa shape index (κ1) is 14.7. The fourth-order valence-electron chi connectivity index (χ4n) is 1.63. The summed E-state index contributed by atoms with van der Waals surface area (Å²) in [6.45, 7) is -0.103. The molecule has 2 rings (SSSR count). The molecule has 5 heteroatoms. The summed E-state index contributed by atoms with van der Waals surface area (Å²) in [6.07, 6.45) is 0. The summed E-state index contributed by atoms with van der Waals surface area (Å²) in [7, 11) is 1.57. The van der Waals surface area contributed by atoms with Gasteiger partial charge in [0.2, 0.25) is 5.78 Å². The smallest absolute Gasteiger partial charge is 0.201 e. The second kappa shape index (κ2) is 6.64. The molecule has 0 aliphatic rings. The molecule has 20 heavy (non-hydrogen) atoms. The third-order valence-electron chi connectivity index (χ3n) is 2.64. The number of hydrogen-bond acceptors (Lipinski definition) is 3. The van der Waals surface area contributed by atoms with Crippen LogP contribution in [-0.2, 0) is 0 Å². The van der Waals surface area contributed by atoms with Gasteiger partial charge in [0.05, 0.1) is 12.1 Å². The standard InChI is InChI=1S/C15H12Cl2O3/c1-19-11-3-2-4-12(8-11)20-9-15(18)13-6-5-10(16)7-14(13)17/h2-8H,9H2,1H3. The van der Waals surface area contributed by atoms with E-state index in [2.05, 4.69) is 0 Å². The van der Waals surface area contributed by atoms with Gasteiger partial charge in [-0.2, -0.15) is 0 Å². The molecule has 3 nitrogen and oxygen atoms in total. The molecule has 0 unspecified atom stereocenters. The minimum absolute atomic E-state index is 0.103. The summed E-state index contributed by atoms with van der Waals surface area (Å²) in [4.78, 5) is 12.0. The van der Waals surface area contributed by atoms with Crippen molar-refractivity contribution in [1.82, 2.24) is 0 Å². The van der Waals surface area contributed by atoms with Gasteiger partial charge in [0, 0.05) is 16.7 Å². The highest BCUT2D eigenvalue weighted by molar-refractivity contribution is 6.36. The number of benzene rings is 2. The molecule has 0 bridgehead atoms. The van der Waals surface area contributed by atoms with Crippen molar-refractivity contribution in [1.29, 1.82) is 0 Å². The van der Waals surface area contributed by atoms with Crippen molar-refractivity contribution >= 4 is 29.0 Å². The Bertz CT molecular complexity index is 626. The molecule has 0 radical (unpaired) electrons. The van der Waals surface area contributed by atoms with E-state index >= 15 is 0 Å². The van der Waals surface area contributed by atoms with Gasteiger partial charge in [-0.3, -0.25) is 4.79 Å². The molecule has 0 N–H and O–H groups in total. The fraction of sp³-hybridized carbons (Fsp3) is 0.133. The van der Waals surface area contributed by atoms with Gasteiger partial charge in [-0.1, -0.05) is 29.3 Å². The minimum atomic E-state index is -0.213. The normalized spacial score (nSPS) is 10.2. The van der Waals surface area contributed by atoms with Crippen molar-refractivity contribution in [3.8, 4) is 11.5 Å². The van der Waals surface area contributed by atoms with Crippen LogP contribution in [0.2, 0.25) is 10.0 Å². The van der Waals surface area contributed by atoms with E-state index in [-0.39, 0.29) is 12.4 Å². The molecule has 0 atom stereocenters. The predicted octanol–water partition coefficient (Wildman–Crippen LogP) is 4.26. The number of rotatable bonds is 5. The minimum Gasteiger partial charge on any atom is -0.497 e. The summed E-state index contributed by atoms with van der Waals surface area (Å²) in [5.41, 5.74) is 0.388. The quantitative estimate of drug-likeness (QED) is 0.774. The SMILES string of the molecule is COc1cccc(OCC(=O)c2ccc(Cl)cc2Cl)c1. The number of ketones is 1. The Kier molecular flexibility index (Phi) is 4.88. The zero-order valence-electron chi connectivity index (χ0n) is 10.7. The first-order valence-electron chi connectivity index (χ1n) is 5.85. The molecule has 0 aliphatic carbocycles. The lowest BCUT2D eigenvalue weighted by Gasteiger charge is -2.08. The van der Waals surface area contributed by atoms with Crippen LogP contribution in [0.1, 0.15) is 10.4 Å². The van der Waals surface area contributed by atoms with Crippen molar-refractivity contribution in [2.24, 2.45) is 0 Å². The topological polar surface area (TPSA) is 35.5 Å². The molecule has 104 valence electrons. The first-order chi connectivity index (χ1) is 9.60. The Morgan fingerprint density at radius 2 is 1.85 bits per heavy atom. The van der Waals surface area contributed by atoms with Gasteiger partial charge in [0.15, 0.2) is 6.61 Å². The van der Waals surface area contributed by atoms with Gasteiger partial charge >= 0.3 is 0 Å². The monoisotopic (exact) mass is 310 g/mol. The molecule has 0 amide bonds. The Balaban J connectivity index is 2.04. The van der Waals surface area contributed by atoms with E-state index in [1.165, 1.54) is 6.07 Å². The number of carbonyl (C=O) groups is 1. The van der Waals surface area contributed by atoms with E-state index in [9.17, 15) is 4.79 Å². The second-order valence-electron chi connectivity index (χ2n) is 4.02. The van der Waals surface area contributed by atoms with Crippen molar-refractivity contribution in [2.75, 3.05) is 13.7 Å². The maximum absolute atomic E-state index is 12.0. The third kappa shape index (κ3) is 3.65. The average Bonchev–Trinajstić information content (AvgIpc) is 2.45. The van der Waals surface area contributed by atoms with E-state index in [4.69, 9.17) is 32.7 Å². The van der Waals surface area contributed by atoms with Crippen LogP contribution in [0, 0.1) is 0 Å². The number of ether oxygens (including phenoxy) is 2. The molecule has 0 fully saturated rings. The maximum Gasteiger partial charge on any atom is 0.201 e. The molecule has 2 aromatic rings. The molecule has 0 saturated carbocycles. The van der Waals surface area contributed by atoms with Crippen LogP contribution in [0.3, 0.4) is 0 Å². The van der Waals surface area contributed by atoms with Crippen molar-refractivity contribution in [3.05, 3.63) is 58.1 Å². The van der Waals surface area contributed by atoms with E-state index in [0.29, 0.717) is 27.1 Å². The van der Waals surface area contributed by atoms with Crippen LogP contribution in [0.25, 0.3) is 0 Å². The molecule has 0 spiro atoms. The summed E-state index contributed by atoms with van der Waals surface area (Å²) >= 11 is 11.8. The molecule has 0 aromatic heterocycles. The number of halogens is 2. The largest absolute Gasteiger partial charge is 0.497 e. The zero-order valence-corrected chi connectivity index (χ0v) is 12.2. The second-order valence-corrected chi connectivity index (χ2v) is 4.86. The van der Waals surface area contributed by atoms with E-state index in [1.807, 2.05) is 0 Å². The van der Waals surface area contributed by atoms with Crippen LogP contribution in [0.5, 0.6) is 11.5 Å². The molecular weight excluding hydrogens is 299 g/mol. The van der Waals surface area contributed by atoms with E-state index in [1.54, 1.807) is 43.5 Å². The van der Waals surface area contributed by atoms with E-state index in [0.717, 1.165) is 0 Å². The Morgan fingerprint density at radius 1 is 1.10 bits per heavy atom. The summed E-state index contributed by atoms with van der Waals surface area (Å²) < 4.78 is 10.5. The van der Waals surface area contributed by atoms with Crippen molar-refractivity contribution in [3.63, 3.8) is 0 Å². The highest BCUT2D eigenvalue weighted by Gasteiger charge is 2.11. The number of Topliss-reactive ketones (excluding diaryl/α,β-unsaturated/α-hetero) is 1. The predicted molar refractivity (Wildman–Crippen MR) is 79.3 cm³/mol. The fourth-order valence-corrected chi connectivity index (χ4v) is 2.15. The van der Waals surface area contributed by atoms with Crippen LogP contribution in [0.4, 0.5) is 0 Å². The van der Waals surface area contributed by atoms with Crippen LogP contribution in [-0.4, -0.2) is 19.5 Å². The molecule has 2 aromatic carbocycles. The summed E-state index contributed by atoms with van der Waals surface area (Å²) in [6, 6.07) is 11.8. The van der Waals surface area contributed by atoms with Gasteiger partial charge in [0.25, 0.3) is 0 Å². The third-order valence-corrected chi connectivity index (χ3v) is 3.19. The van der Waals surface area contributed by atoms with Gasteiger partial charge in [-0.05, 0) is 30.3 Å². The Hall–Kier alpha value is -1.71. The summed E-state index contributed by atoms with van der Waals surface area (Å²) in [5.74, 6) is 1.01. The average molecular weight is 311 g/mol. The summed E-state index contributed by atoms with van der Waals surface area (Å²) in [5, 5.41) is 0.803. The molecule has 0 saturated heterocycles. The highest BCUT2D eigenvalue weighted by atomic mass is 35.5.